The molecular formula is C15H17BrN2O. The Morgan fingerprint density at radius 3 is 2.58 bits per heavy atom. The third-order valence-corrected chi connectivity index (χ3v) is 3.61. The van der Waals surface area contributed by atoms with Crippen molar-refractivity contribution in [3.8, 4) is 0 Å². The number of hydrogen-bond acceptors (Lipinski definition) is 2. The van der Waals surface area contributed by atoms with Gasteiger partial charge in [0.25, 0.3) is 5.56 Å². The largest absolute Gasteiger partial charge is 0.309 e. The van der Waals surface area contributed by atoms with Crippen LogP contribution in [0.15, 0.2) is 39.6 Å². The van der Waals surface area contributed by atoms with E-state index in [2.05, 4.69) is 39.7 Å². The van der Waals surface area contributed by atoms with Crippen molar-refractivity contribution in [2.45, 2.75) is 26.7 Å². The Morgan fingerprint density at radius 2 is 1.95 bits per heavy atom. The second kappa shape index (κ2) is 6.15. The van der Waals surface area contributed by atoms with E-state index in [9.17, 15) is 4.79 Å². The van der Waals surface area contributed by atoms with Crippen LogP contribution in [-0.2, 0) is 12.8 Å². The first-order valence-electron chi connectivity index (χ1n) is 6.37. The van der Waals surface area contributed by atoms with Crippen LogP contribution in [-0.4, -0.2) is 9.97 Å². The lowest BCUT2D eigenvalue weighted by Gasteiger charge is -2.08. The highest BCUT2D eigenvalue weighted by Crippen LogP contribution is 2.14. The Bertz CT molecular complexity index is 605. The highest BCUT2D eigenvalue weighted by atomic mass is 79.9. The van der Waals surface area contributed by atoms with Crippen molar-refractivity contribution in [2.24, 2.45) is 5.92 Å². The van der Waals surface area contributed by atoms with E-state index in [0.29, 0.717) is 16.8 Å². The summed E-state index contributed by atoms with van der Waals surface area (Å²) in [6, 6.07) is 10.0. The minimum Gasteiger partial charge on any atom is -0.309 e. The van der Waals surface area contributed by atoms with Crippen LogP contribution in [0, 0.1) is 5.92 Å². The zero-order valence-corrected chi connectivity index (χ0v) is 12.7. The molecule has 0 aliphatic rings. The first-order valence-corrected chi connectivity index (χ1v) is 7.17. The predicted molar refractivity (Wildman–Crippen MR) is 80.3 cm³/mol. The Labute approximate surface area is 121 Å². The number of aromatic amines is 1. The second-order valence-electron chi connectivity index (χ2n) is 5.03. The summed E-state index contributed by atoms with van der Waals surface area (Å²) in [5.41, 5.74) is 1.88. The molecule has 19 heavy (non-hydrogen) atoms. The summed E-state index contributed by atoms with van der Waals surface area (Å²) in [5.74, 6) is 1.19. The molecule has 0 bridgehead atoms. The third kappa shape index (κ3) is 3.77. The van der Waals surface area contributed by atoms with E-state index in [1.807, 2.05) is 30.3 Å². The maximum atomic E-state index is 11.9. The number of nitrogens with zero attached hydrogens (tertiary/aromatic N) is 1. The summed E-state index contributed by atoms with van der Waals surface area (Å²) in [5, 5.41) is 0. The van der Waals surface area contributed by atoms with Crippen LogP contribution >= 0.6 is 15.9 Å². The average Bonchev–Trinajstić information content (AvgIpc) is 2.36. The fourth-order valence-corrected chi connectivity index (χ4v) is 2.30. The van der Waals surface area contributed by atoms with Crippen molar-refractivity contribution in [2.75, 3.05) is 0 Å². The topological polar surface area (TPSA) is 45.8 Å². The van der Waals surface area contributed by atoms with Crippen LogP contribution in [0.5, 0.6) is 0 Å². The molecule has 2 rings (SSSR count). The number of rotatable bonds is 4. The zero-order valence-electron chi connectivity index (χ0n) is 11.1. The van der Waals surface area contributed by atoms with Crippen molar-refractivity contribution >= 4 is 15.9 Å². The van der Waals surface area contributed by atoms with E-state index < -0.39 is 0 Å². The van der Waals surface area contributed by atoms with Crippen molar-refractivity contribution in [1.29, 1.82) is 0 Å². The number of aromatic nitrogens is 2. The Hall–Kier alpha value is -1.42. The van der Waals surface area contributed by atoms with Gasteiger partial charge < -0.3 is 4.98 Å². The molecule has 0 fully saturated rings. The van der Waals surface area contributed by atoms with Crippen LogP contribution < -0.4 is 5.56 Å². The van der Waals surface area contributed by atoms with Gasteiger partial charge in [-0.1, -0.05) is 44.2 Å². The van der Waals surface area contributed by atoms with Gasteiger partial charge in [-0.05, 0) is 33.8 Å². The van der Waals surface area contributed by atoms with E-state index in [-0.39, 0.29) is 5.56 Å². The Kier molecular flexibility index (Phi) is 4.53. The molecule has 1 aromatic heterocycles. The lowest BCUT2D eigenvalue weighted by Crippen LogP contribution is -2.17. The van der Waals surface area contributed by atoms with Crippen LogP contribution in [0.3, 0.4) is 0 Å². The minimum absolute atomic E-state index is 0.100. The quantitative estimate of drug-likeness (QED) is 0.939. The van der Waals surface area contributed by atoms with Gasteiger partial charge in [0.05, 0.1) is 5.69 Å². The summed E-state index contributed by atoms with van der Waals surface area (Å²) >= 11 is 3.32. The summed E-state index contributed by atoms with van der Waals surface area (Å²) in [7, 11) is 0. The van der Waals surface area contributed by atoms with E-state index >= 15 is 0 Å². The van der Waals surface area contributed by atoms with Crippen molar-refractivity contribution in [1.82, 2.24) is 9.97 Å². The zero-order chi connectivity index (χ0) is 13.8. The molecule has 1 aromatic carbocycles. The molecular weight excluding hydrogens is 304 g/mol. The number of halogens is 1. The summed E-state index contributed by atoms with van der Waals surface area (Å²) in [6.07, 6.45) is 1.45. The molecule has 100 valence electrons. The number of H-pyrrole nitrogens is 1. The lowest BCUT2D eigenvalue weighted by molar-refractivity contribution is 0.627. The van der Waals surface area contributed by atoms with Gasteiger partial charge in [-0.25, -0.2) is 4.98 Å². The van der Waals surface area contributed by atoms with Gasteiger partial charge in [-0.3, -0.25) is 4.79 Å². The summed E-state index contributed by atoms with van der Waals surface area (Å²) < 4.78 is 0.554. The van der Waals surface area contributed by atoms with Gasteiger partial charge in [0, 0.05) is 6.42 Å². The molecule has 2 aromatic rings. The number of benzene rings is 1. The minimum atomic E-state index is -0.100. The van der Waals surface area contributed by atoms with Crippen LogP contribution in [0.2, 0.25) is 0 Å². The Balaban J connectivity index is 2.32. The molecule has 1 N–H and O–H groups in total. The first kappa shape index (κ1) is 14.0. The average molecular weight is 321 g/mol. The molecule has 0 saturated carbocycles. The molecule has 3 nitrogen and oxygen atoms in total. The highest BCUT2D eigenvalue weighted by Gasteiger charge is 2.10. The van der Waals surface area contributed by atoms with Gasteiger partial charge >= 0.3 is 0 Å². The van der Waals surface area contributed by atoms with Gasteiger partial charge in [-0.15, -0.1) is 0 Å². The standard InChI is InChI=1S/C15H17BrN2O/c1-10(2)8-12-14(16)15(19)18-13(17-12)9-11-6-4-3-5-7-11/h3-7,10H,8-9H2,1-2H3,(H,17,18,19). The maximum Gasteiger partial charge on any atom is 0.265 e. The molecule has 4 heteroatoms. The normalized spacial score (nSPS) is 10.9. The number of hydrogen-bond donors (Lipinski definition) is 1. The third-order valence-electron chi connectivity index (χ3n) is 2.80. The first-order chi connectivity index (χ1) is 9.06. The molecule has 0 saturated heterocycles. The fourth-order valence-electron chi connectivity index (χ4n) is 1.95. The molecule has 0 aliphatic carbocycles. The molecule has 0 atom stereocenters. The van der Waals surface area contributed by atoms with E-state index in [4.69, 9.17) is 0 Å². The van der Waals surface area contributed by atoms with E-state index in [0.717, 1.165) is 23.5 Å². The van der Waals surface area contributed by atoms with Crippen molar-refractivity contribution in [3.05, 3.63) is 62.2 Å². The van der Waals surface area contributed by atoms with Gasteiger partial charge in [0.15, 0.2) is 0 Å². The molecule has 0 unspecified atom stereocenters. The van der Waals surface area contributed by atoms with Crippen LogP contribution in [0.25, 0.3) is 0 Å². The predicted octanol–water partition coefficient (Wildman–Crippen LogP) is 3.32. The van der Waals surface area contributed by atoms with Gasteiger partial charge in [0.1, 0.15) is 10.3 Å². The smallest absolute Gasteiger partial charge is 0.265 e. The van der Waals surface area contributed by atoms with Gasteiger partial charge in [-0.2, -0.15) is 0 Å². The fraction of sp³-hybridized carbons (Fsp3) is 0.333. The highest BCUT2D eigenvalue weighted by molar-refractivity contribution is 9.10. The second-order valence-corrected chi connectivity index (χ2v) is 5.83. The lowest BCUT2D eigenvalue weighted by atomic mass is 10.1. The van der Waals surface area contributed by atoms with Crippen LogP contribution in [0.4, 0.5) is 0 Å². The van der Waals surface area contributed by atoms with Crippen molar-refractivity contribution in [3.63, 3.8) is 0 Å². The summed E-state index contributed by atoms with van der Waals surface area (Å²) in [6.45, 7) is 4.23. The van der Waals surface area contributed by atoms with E-state index in [1.165, 1.54) is 0 Å². The molecule has 0 spiro atoms. The Morgan fingerprint density at radius 1 is 1.26 bits per heavy atom. The van der Waals surface area contributed by atoms with Gasteiger partial charge in [0.2, 0.25) is 0 Å². The summed E-state index contributed by atoms with van der Waals surface area (Å²) in [4.78, 5) is 19.3. The molecule has 1 heterocycles. The maximum absolute atomic E-state index is 11.9. The molecule has 0 radical (unpaired) electrons. The van der Waals surface area contributed by atoms with Crippen molar-refractivity contribution < 1.29 is 0 Å². The van der Waals surface area contributed by atoms with Crippen LogP contribution in [0.1, 0.15) is 30.9 Å². The monoisotopic (exact) mass is 320 g/mol. The number of nitrogens with one attached hydrogen (secondary N) is 1. The van der Waals surface area contributed by atoms with E-state index in [1.54, 1.807) is 0 Å². The SMILES string of the molecule is CC(C)Cc1nc(Cc2ccccc2)[nH]c(=O)c1Br. The molecule has 0 aliphatic heterocycles. The molecule has 0 amide bonds.